The standard InChI is InChI=1S/C14H8ClFN2O/c15-13-5-8(1-2-9(13)7-17)11-4-3-10(16)6-12(11)14(18)19/h1-6H,(H2,18,19). The molecule has 2 aromatic rings. The average molecular weight is 275 g/mol. The summed E-state index contributed by atoms with van der Waals surface area (Å²) in [7, 11) is 0. The van der Waals surface area contributed by atoms with E-state index >= 15 is 0 Å². The van der Waals surface area contributed by atoms with Gasteiger partial charge in [0.05, 0.1) is 10.6 Å². The minimum atomic E-state index is -0.727. The third-order valence-corrected chi connectivity index (χ3v) is 2.96. The van der Waals surface area contributed by atoms with Crippen molar-refractivity contribution < 1.29 is 9.18 Å². The van der Waals surface area contributed by atoms with E-state index in [0.29, 0.717) is 16.7 Å². The summed E-state index contributed by atoms with van der Waals surface area (Å²) in [6.45, 7) is 0. The number of amides is 1. The Balaban J connectivity index is 2.62. The van der Waals surface area contributed by atoms with Crippen LogP contribution in [0.3, 0.4) is 0 Å². The number of hydrogen-bond acceptors (Lipinski definition) is 2. The van der Waals surface area contributed by atoms with Crippen LogP contribution in [0.15, 0.2) is 36.4 Å². The van der Waals surface area contributed by atoms with E-state index in [0.717, 1.165) is 6.07 Å². The summed E-state index contributed by atoms with van der Waals surface area (Å²) in [4.78, 5) is 11.3. The Morgan fingerprint density at radius 1 is 1.26 bits per heavy atom. The van der Waals surface area contributed by atoms with Gasteiger partial charge in [0.15, 0.2) is 0 Å². The van der Waals surface area contributed by atoms with Crippen LogP contribution in [-0.2, 0) is 0 Å². The van der Waals surface area contributed by atoms with Crippen molar-refractivity contribution in [2.45, 2.75) is 0 Å². The van der Waals surface area contributed by atoms with Crippen LogP contribution in [0, 0.1) is 17.1 Å². The van der Waals surface area contributed by atoms with Crippen molar-refractivity contribution in [2.75, 3.05) is 0 Å². The maximum atomic E-state index is 13.1. The molecule has 94 valence electrons. The molecule has 0 atom stereocenters. The Morgan fingerprint density at radius 2 is 2.00 bits per heavy atom. The van der Waals surface area contributed by atoms with Crippen molar-refractivity contribution in [3.05, 3.63) is 58.4 Å². The molecule has 2 N–H and O–H groups in total. The minimum Gasteiger partial charge on any atom is -0.366 e. The second kappa shape index (κ2) is 5.09. The van der Waals surface area contributed by atoms with Crippen LogP contribution in [0.4, 0.5) is 4.39 Å². The number of carbonyl (C=O) groups excluding carboxylic acids is 1. The van der Waals surface area contributed by atoms with Gasteiger partial charge in [-0.25, -0.2) is 4.39 Å². The van der Waals surface area contributed by atoms with Gasteiger partial charge >= 0.3 is 0 Å². The van der Waals surface area contributed by atoms with E-state index < -0.39 is 11.7 Å². The van der Waals surface area contributed by atoms with E-state index in [1.807, 2.05) is 6.07 Å². The first-order valence-electron chi connectivity index (χ1n) is 5.32. The quantitative estimate of drug-likeness (QED) is 0.914. The number of nitriles is 1. The maximum Gasteiger partial charge on any atom is 0.249 e. The van der Waals surface area contributed by atoms with Crippen molar-refractivity contribution in [2.24, 2.45) is 5.73 Å². The molecule has 0 spiro atoms. The summed E-state index contributed by atoms with van der Waals surface area (Å²) >= 11 is 5.93. The van der Waals surface area contributed by atoms with Gasteiger partial charge in [0.25, 0.3) is 0 Å². The highest BCUT2D eigenvalue weighted by atomic mass is 35.5. The summed E-state index contributed by atoms with van der Waals surface area (Å²) in [6.07, 6.45) is 0. The molecular weight excluding hydrogens is 267 g/mol. The second-order valence-electron chi connectivity index (χ2n) is 3.86. The first kappa shape index (κ1) is 13.1. The molecule has 0 radical (unpaired) electrons. The van der Waals surface area contributed by atoms with Gasteiger partial charge in [-0.3, -0.25) is 4.79 Å². The van der Waals surface area contributed by atoms with Gasteiger partial charge in [-0.2, -0.15) is 5.26 Å². The van der Waals surface area contributed by atoms with Crippen molar-refractivity contribution in [1.82, 2.24) is 0 Å². The molecule has 2 rings (SSSR count). The summed E-state index contributed by atoms with van der Waals surface area (Å²) in [5.74, 6) is -1.27. The van der Waals surface area contributed by atoms with Crippen molar-refractivity contribution >= 4 is 17.5 Å². The number of rotatable bonds is 2. The van der Waals surface area contributed by atoms with Gasteiger partial charge in [-0.1, -0.05) is 23.7 Å². The molecule has 0 unspecified atom stereocenters. The normalized spacial score (nSPS) is 9.95. The Hall–Kier alpha value is -2.38. The van der Waals surface area contributed by atoms with Crippen LogP contribution in [0.1, 0.15) is 15.9 Å². The molecule has 3 nitrogen and oxygen atoms in total. The zero-order valence-corrected chi connectivity index (χ0v) is 10.4. The highest BCUT2D eigenvalue weighted by molar-refractivity contribution is 6.32. The van der Waals surface area contributed by atoms with E-state index in [-0.39, 0.29) is 10.6 Å². The van der Waals surface area contributed by atoms with Crippen LogP contribution < -0.4 is 5.73 Å². The first-order chi connectivity index (χ1) is 9.02. The molecule has 0 aliphatic heterocycles. The molecule has 1 amide bonds. The third-order valence-electron chi connectivity index (χ3n) is 2.65. The fourth-order valence-corrected chi connectivity index (χ4v) is 1.97. The predicted molar refractivity (Wildman–Crippen MR) is 70.1 cm³/mol. The molecule has 0 aliphatic rings. The summed E-state index contributed by atoms with van der Waals surface area (Å²) < 4.78 is 13.1. The lowest BCUT2D eigenvalue weighted by Crippen LogP contribution is -2.12. The number of carbonyl (C=O) groups is 1. The molecule has 5 heteroatoms. The maximum absolute atomic E-state index is 13.1. The van der Waals surface area contributed by atoms with Crippen LogP contribution in [-0.4, -0.2) is 5.91 Å². The van der Waals surface area contributed by atoms with Gasteiger partial charge in [-0.05, 0) is 35.4 Å². The van der Waals surface area contributed by atoms with E-state index in [4.69, 9.17) is 22.6 Å². The zero-order valence-electron chi connectivity index (χ0n) is 9.65. The molecule has 0 bridgehead atoms. The number of benzene rings is 2. The number of primary amides is 1. The summed E-state index contributed by atoms with van der Waals surface area (Å²) in [6, 6.07) is 10.4. The van der Waals surface area contributed by atoms with E-state index in [1.54, 1.807) is 12.1 Å². The van der Waals surface area contributed by atoms with Gasteiger partial charge in [-0.15, -0.1) is 0 Å². The highest BCUT2D eigenvalue weighted by Crippen LogP contribution is 2.28. The van der Waals surface area contributed by atoms with Gasteiger partial charge < -0.3 is 5.73 Å². The SMILES string of the molecule is N#Cc1ccc(-c2ccc(F)cc2C(N)=O)cc1Cl. The molecule has 2 aromatic carbocycles. The zero-order chi connectivity index (χ0) is 14.0. The van der Waals surface area contributed by atoms with Gasteiger partial charge in [0.2, 0.25) is 5.91 Å². The van der Waals surface area contributed by atoms with Crippen LogP contribution in [0.5, 0.6) is 0 Å². The topological polar surface area (TPSA) is 66.9 Å². The van der Waals surface area contributed by atoms with Crippen molar-refractivity contribution in [3.63, 3.8) is 0 Å². The highest BCUT2D eigenvalue weighted by Gasteiger charge is 2.12. The smallest absolute Gasteiger partial charge is 0.249 e. The molecule has 0 aliphatic carbocycles. The second-order valence-corrected chi connectivity index (χ2v) is 4.27. The van der Waals surface area contributed by atoms with Crippen LogP contribution in [0.25, 0.3) is 11.1 Å². The number of hydrogen-bond donors (Lipinski definition) is 1. The Labute approximate surface area is 114 Å². The predicted octanol–water partition coefficient (Wildman–Crippen LogP) is 3.12. The third kappa shape index (κ3) is 2.56. The lowest BCUT2D eigenvalue weighted by atomic mass is 9.98. The first-order valence-corrected chi connectivity index (χ1v) is 5.70. The molecule has 0 aromatic heterocycles. The van der Waals surface area contributed by atoms with E-state index in [1.165, 1.54) is 18.2 Å². The lowest BCUT2D eigenvalue weighted by molar-refractivity contribution is 0.100. The van der Waals surface area contributed by atoms with Crippen molar-refractivity contribution in [3.8, 4) is 17.2 Å². The minimum absolute atomic E-state index is 0.0702. The average Bonchev–Trinajstić information content (AvgIpc) is 2.38. The van der Waals surface area contributed by atoms with E-state index in [2.05, 4.69) is 0 Å². The largest absolute Gasteiger partial charge is 0.366 e. The van der Waals surface area contributed by atoms with Gasteiger partial charge in [0, 0.05) is 5.56 Å². The van der Waals surface area contributed by atoms with E-state index in [9.17, 15) is 9.18 Å². The lowest BCUT2D eigenvalue weighted by Gasteiger charge is -2.08. The Morgan fingerprint density at radius 3 is 2.58 bits per heavy atom. The Kier molecular flexibility index (Phi) is 3.50. The fourth-order valence-electron chi connectivity index (χ4n) is 1.75. The number of halogens is 2. The molecule has 0 fully saturated rings. The van der Waals surface area contributed by atoms with Crippen LogP contribution >= 0.6 is 11.6 Å². The fraction of sp³-hybridized carbons (Fsp3) is 0. The number of nitrogens with two attached hydrogens (primary N) is 1. The number of nitrogens with zero attached hydrogens (tertiary/aromatic N) is 1. The molecule has 0 saturated carbocycles. The molecule has 0 saturated heterocycles. The van der Waals surface area contributed by atoms with Crippen molar-refractivity contribution in [1.29, 1.82) is 5.26 Å². The van der Waals surface area contributed by atoms with Gasteiger partial charge in [0.1, 0.15) is 11.9 Å². The molecule has 19 heavy (non-hydrogen) atoms. The molecular formula is C14H8ClFN2O. The molecule has 0 heterocycles. The van der Waals surface area contributed by atoms with Crippen LogP contribution in [0.2, 0.25) is 5.02 Å². The monoisotopic (exact) mass is 274 g/mol. The Bertz CT molecular complexity index is 707. The summed E-state index contributed by atoms with van der Waals surface area (Å²) in [5, 5.41) is 9.06. The summed E-state index contributed by atoms with van der Waals surface area (Å²) in [5.41, 5.74) is 6.69.